The van der Waals surface area contributed by atoms with Gasteiger partial charge in [-0.15, -0.1) is 0 Å². The number of unbranched alkanes of at least 4 members (excludes halogenated alkanes) is 6. The number of halogens is 2. The SMILES string of the molecule is CCCCCCC(F)(F)C(CC[C@H]1C(OC2CCCCO2)CC(O)C1CC=CCCCCCC(=O)O)O[Si](C)(C)C(C)(C)C. The van der Waals surface area contributed by atoms with E-state index in [1.54, 1.807) is 0 Å². The standard InChI is InChI=1S/C35H64F2O6Si/c1-7-8-9-17-24-35(36,37)31(43-44(5,6)34(2,3)4)23-22-28-27(19-14-12-10-11-13-15-20-32(39)40)29(38)26-30(28)42-33-21-16-18-25-41-33/h12,14,27-31,33,38H,7-11,13,15-26H2,1-6H3,(H,39,40)/t27?,28-,29?,30?,31?,33?/m1/s1. The van der Waals surface area contributed by atoms with Crippen LogP contribution in [0.3, 0.4) is 0 Å². The first-order valence-corrected chi connectivity index (χ1v) is 20.5. The summed E-state index contributed by atoms with van der Waals surface area (Å²) in [6.45, 7) is 13.1. The molecule has 6 atom stereocenters. The highest BCUT2D eigenvalue weighted by molar-refractivity contribution is 6.74. The molecule has 6 nitrogen and oxygen atoms in total. The predicted molar refractivity (Wildman–Crippen MR) is 176 cm³/mol. The molecule has 0 aromatic heterocycles. The summed E-state index contributed by atoms with van der Waals surface area (Å²) in [5.41, 5.74) is 0. The Hall–Kier alpha value is -0.873. The Morgan fingerprint density at radius 3 is 2.41 bits per heavy atom. The minimum absolute atomic E-state index is 0.0721. The van der Waals surface area contributed by atoms with Gasteiger partial charge in [-0.05, 0) is 94.2 Å². The molecule has 2 fully saturated rings. The fourth-order valence-corrected chi connectivity index (χ4v) is 7.67. The smallest absolute Gasteiger partial charge is 0.303 e. The monoisotopic (exact) mass is 646 g/mol. The Balaban J connectivity index is 2.17. The largest absolute Gasteiger partial charge is 0.481 e. The lowest BCUT2D eigenvalue weighted by atomic mass is 9.85. The van der Waals surface area contributed by atoms with Crippen LogP contribution in [-0.2, 0) is 18.7 Å². The van der Waals surface area contributed by atoms with Crippen LogP contribution < -0.4 is 0 Å². The molecular weight excluding hydrogens is 582 g/mol. The van der Waals surface area contributed by atoms with Crippen molar-refractivity contribution in [3.63, 3.8) is 0 Å². The van der Waals surface area contributed by atoms with Crippen LogP contribution in [0.25, 0.3) is 0 Å². The maximum absolute atomic E-state index is 15.9. The van der Waals surface area contributed by atoms with Crippen molar-refractivity contribution < 1.29 is 37.7 Å². The lowest BCUT2D eigenvalue weighted by molar-refractivity contribution is -0.197. The van der Waals surface area contributed by atoms with E-state index in [0.29, 0.717) is 38.7 Å². The molecule has 258 valence electrons. The van der Waals surface area contributed by atoms with E-state index < -0.39 is 32.4 Å². The van der Waals surface area contributed by atoms with Gasteiger partial charge >= 0.3 is 5.97 Å². The Labute approximate surface area is 267 Å². The van der Waals surface area contributed by atoms with Crippen LogP contribution in [0.1, 0.15) is 137 Å². The van der Waals surface area contributed by atoms with E-state index in [-0.39, 0.29) is 48.5 Å². The second-order valence-corrected chi connectivity index (χ2v) is 19.6. The van der Waals surface area contributed by atoms with Crippen molar-refractivity contribution >= 4 is 14.3 Å². The zero-order valence-corrected chi connectivity index (χ0v) is 29.6. The van der Waals surface area contributed by atoms with Crippen molar-refractivity contribution in [3.05, 3.63) is 12.2 Å². The second-order valence-electron chi connectivity index (χ2n) is 14.8. The molecule has 0 amide bonds. The first-order valence-electron chi connectivity index (χ1n) is 17.6. The Morgan fingerprint density at radius 1 is 1.05 bits per heavy atom. The first kappa shape index (κ1) is 39.3. The van der Waals surface area contributed by atoms with E-state index in [4.69, 9.17) is 19.0 Å². The normalized spacial score (nSPS) is 26.0. The van der Waals surface area contributed by atoms with E-state index in [9.17, 15) is 9.90 Å². The molecule has 44 heavy (non-hydrogen) atoms. The molecule has 0 aromatic carbocycles. The van der Waals surface area contributed by atoms with Crippen LogP contribution >= 0.6 is 0 Å². The van der Waals surface area contributed by atoms with E-state index in [1.807, 2.05) is 13.1 Å². The van der Waals surface area contributed by atoms with Crippen molar-refractivity contribution in [1.82, 2.24) is 0 Å². The number of aliphatic hydroxyl groups is 1. The number of alkyl halides is 2. The van der Waals surface area contributed by atoms with Crippen molar-refractivity contribution in [2.24, 2.45) is 11.8 Å². The second kappa shape index (κ2) is 19.1. The third-order valence-corrected chi connectivity index (χ3v) is 14.6. The Bertz CT molecular complexity index is 840. The Morgan fingerprint density at radius 2 is 1.77 bits per heavy atom. The summed E-state index contributed by atoms with van der Waals surface area (Å²) in [7, 11) is -2.46. The number of rotatable bonds is 21. The number of ether oxygens (including phenoxy) is 2. The first-order chi connectivity index (χ1) is 20.7. The third kappa shape index (κ3) is 13.5. The van der Waals surface area contributed by atoms with Crippen LogP contribution in [0.2, 0.25) is 18.1 Å². The van der Waals surface area contributed by atoms with Crippen molar-refractivity contribution in [2.45, 2.75) is 186 Å². The highest BCUT2D eigenvalue weighted by Gasteiger charge is 2.49. The molecule has 0 bridgehead atoms. The van der Waals surface area contributed by atoms with Gasteiger partial charge in [0.05, 0.1) is 12.2 Å². The van der Waals surface area contributed by atoms with Crippen molar-refractivity contribution in [1.29, 1.82) is 0 Å². The third-order valence-electron chi connectivity index (χ3n) is 10.1. The quantitative estimate of drug-likeness (QED) is 0.0734. The lowest BCUT2D eigenvalue weighted by Gasteiger charge is -2.42. The van der Waals surface area contributed by atoms with Gasteiger partial charge in [-0.2, -0.15) is 0 Å². The molecule has 5 unspecified atom stereocenters. The minimum atomic E-state index is -2.92. The van der Waals surface area contributed by atoms with E-state index in [1.165, 1.54) is 0 Å². The van der Waals surface area contributed by atoms with Crippen LogP contribution in [0.5, 0.6) is 0 Å². The predicted octanol–water partition coefficient (Wildman–Crippen LogP) is 9.65. The van der Waals surface area contributed by atoms with E-state index in [0.717, 1.165) is 57.8 Å². The molecule has 2 aliphatic rings. The summed E-state index contributed by atoms with van der Waals surface area (Å²) in [5, 5.41) is 19.8. The van der Waals surface area contributed by atoms with Gasteiger partial charge < -0.3 is 24.1 Å². The van der Waals surface area contributed by atoms with E-state index in [2.05, 4.69) is 39.8 Å². The van der Waals surface area contributed by atoms with Crippen LogP contribution in [0.4, 0.5) is 8.78 Å². The van der Waals surface area contributed by atoms with Gasteiger partial charge in [-0.3, -0.25) is 4.79 Å². The van der Waals surface area contributed by atoms with Crippen molar-refractivity contribution in [3.8, 4) is 0 Å². The number of aliphatic hydroxyl groups excluding tert-OH is 1. The molecule has 1 aliphatic carbocycles. The number of hydrogen-bond acceptors (Lipinski definition) is 5. The molecule has 0 spiro atoms. The number of carbonyl (C=O) groups is 1. The van der Waals surface area contributed by atoms with Gasteiger partial charge in [0.25, 0.3) is 5.92 Å². The number of hydrogen-bond donors (Lipinski definition) is 2. The number of aliphatic carboxylic acids is 1. The minimum Gasteiger partial charge on any atom is -0.481 e. The van der Waals surface area contributed by atoms with Crippen LogP contribution in [0.15, 0.2) is 12.2 Å². The average molecular weight is 647 g/mol. The highest BCUT2D eigenvalue weighted by atomic mass is 28.4. The molecule has 2 N–H and O–H groups in total. The maximum Gasteiger partial charge on any atom is 0.303 e. The fourth-order valence-electron chi connectivity index (χ4n) is 6.32. The molecule has 1 heterocycles. The van der Waals surface area contributed by atoms with Crippen LogP contribution in [0, 0.1) is 11.8 Å². The summed E-state index contributed by atoms with van der Waals surface area (Å²) in [6.07, 6.45) is 13.3. The van der Waals surface area contributed by atoms with Crippen molar-refractivity contribution in [2.75, 3.05) is 6.61 Å². The molecule has 9 heteroatoms. The molecule has 1 saturated carbocycles. The summed E-state index contributed by atoms with van der Waals surface area (Å²) in [5.74, 6) is -3.83. The average Bonchev–Trinajstić information content (AvgIpc) is 3.23. The molecule has 1 aliphatic heterocycles. The van der Waals surface area contributed by atoms with Crippen LogP contribution in [-0.4, -0.2) is 61.6 Å². The summed E-state index contributed by atoms with van der Waals surface area (Å²) in [6, 6.07) is 0. The molecule has 1 saturated heterocycles. The summed E-state index contributed by atoms with van der Waals surface area (Å²) < 4.78 is 50.7. The molecular formula is C35H64F2O6Si. The molecule has 2 rings (SSSR count). The van der Waals surface area contributed by atoms with E-state index >= 15 is 8.78 Å². The Kier molecular flexibility index (Phi) is 17.0. The fraction of sp³-hybridized carbons (Fsp3) is 0.914. The van der Waals surface area contributed by atoms with Gasteiger partial charge in [0, 0.05) is 25.9 Å². The number of carboxylic acid groups (broad SMARTS) is 1. The van der Waals surface area contributed by atoms with Gasteiger partial charge in [-0.25, -0.2) is 8.78 Å². The topological polar surface area (TPSA) is 85.2 Å². The van der Waals surface area contributed by atoms with Gasteiger partial charge in [0.2, 0.25) is 0 Å². The number of carboxylic acids is 1. The van der Waals surface area contributed by atoms with Gasteiger partial charge in [-0.1, -0.05) is 65.5 Å². The van der Waals surface area contributed by atoms with Gasteiger partial charge in [0.15, 0.2) is 14.6 Å². The summed E-state index contributed by atoms with van der Waals surface area (Å²) in [4.78, 5) is 10.7. The molecule has 0 aromatic rings. The lowest BCUT2D eigenvalue weighted by Crippen LogP contribution is -2.49. The molecule has 0 radical (unpaired) electrons. The summed E-state index contributed by atoms with van der Waals surface area (Å²) >= 11 is 0. The number of allylic oxidation sites excluding steroid dienone is 2. The maximum atomic E-state index is 15.9. The highest BCUT2D eigenvalue weighted by Crippen LogP contribution is 2.45. The van der Waals surface area contributed by atoms with Gasteiger partial charge in [0.1, 0.15) is 6.10 Å². The zero-order chi connectivity index (χ0) is 32.8. The zero-order valence-electron chi connectivity index (χ0n) is 28.6.